The molecule has 1 rings (SSSR count). The summed E-state index contributed by atoms with van der Waals surface area (Å²) in [5.41, 5.74) is -0.0139. The van der Waals surface area contributed by atoms with E-state index in [9.17, 15) is 13.2 Å². The van der Waals surface area contributed by atoms with E-state index in [-0.39, 0.29) is 5.56 Å². The molecule has 0 saturated heterocycles. The second-order valence-electron chi connectivity index (χ2n) is 2.67. The van der Waals surface area contributed by atoms with E-state index in [4.69, 9.17) is 6.42 Å². The highest BCUT2D eigenvalue weighted by Crippen LogP contribution is 2.31. The molecule has 0 N–H and O–H groups in total. The zero-order valence-electron chi connectivity index (χ0n) is 6.94. The molecular weight excluding hydrogens is 177 g/mol. The van der Waals surface area contributed by atoms with Crippen molar-refractivity contribution in [1.29, 1.82) is 0 Å². The van der Waals surface area contributed by atoms with Crippen molar-refractivity contribution in [3.8, 4) is 12.3 Å². The van der Waals surface area contributed by atoms with Gasteiger partial charge in [0.15, 0.2) is 0 Å². The normalized spacial score (nSPS) is 11.0. The van der Waals surface area contributed by atoms with Crippen LogP contribution in [0.25, 0.3) is 0 Å². The molecule has 0 nitrogen and oxygen atoms in total. The largest absolute Gasteiger partial charge is 0.416 e. The van der Waals surface area contributed by atoms with E-state index in [1.807, 2.05) is 0 Å². The Morgan fingerprint density at radius 1 is 1.31 bits per heavy atom. The Morgan fingerprint density at radius 2 is 1.92 bits per heavy atom. The maximum Gasteiger partial charge on any atom is 0.416 e. The topological polar surface area (TPSA) is 0 Å². The lowest BCUT2D eigenvalue weighted by atomic mass is 10.1. The van der Waals surface area contributed by atoms with Gasteiger partial charge in [-0.15, -0.1) is 6.42 Å². The van der Waals surface area contributed by atoms with Gasteiger partial charge in [-0.05, 0) is 30.7 Å². The van der Waals surface area contributed by atoms with Gasteiger partial charge in [0.1, 0.15) is 0 Å². The van der Waals surface area contributed by atoms with Gasteiger partial charge in [0.05, 0.1) is 5.56 Å². The molecule has 0 aliphatic heterocycles. The molecule has 0 unspecified atom stereocenters. The molecule has 0 aliphatic carbocycles. The molecule has 0 aliphatic rings. The Labute approximate surface area is 74.4 Å². The molecule has 1 aromatic carbocycles. The van der Waals surface area contributed by atoms with Gasteiger partial charge in [0.25, 0.3) is 0 Å². The number of hydrogen-bond acceptors (Lipinski definition) is 0. The van der Waals surface area contributed by atoms with Crippen LogP contribution in [0.1, 0.15) is 16.7 Å². The second-order valence-corrected chi connectivity index (χ2v) is 2.67. The van der Waals surface area contributed by atoms with Gasteiger partial charge in [0, 0.05) is 5.56 Å². The maximum absolute atomic E-state index is 12.2. The SMILES string of the molecule is C#Cc1ccc(C(F)(F)F)c(C)c1. The highest BCUT2D eigenvalue weighted by Gasteiger charge is 2.31. The van der Waals surface area contributed by atoms with Crippen LogP contribution in [0, 0.1) is 19.3 Å². The minimum absolute atomic E-state index is 0.156. The zero-order valence-corrected chi connectivity index (χ0v) is 6.94. The third-order valence-electron chi connectivity index (χ3n) is 1.70. The van der Waals surface area contributed by atoms with Crippen molar-refractivity contribution in [2.75, 3.05) is 0 Å². The number of rotatable bonds is 0. The monoisotopic (exact) mass is 184 g/mol. The lowest BCUT2D eigenvalue weighted by molar-refractivity contribution is -0.138. The van der Waals surface area contributed by atoms with Gasteiger partial charge in [-0.25, -0.2) is 0 Å². The third-order valence-corrected chi connectivity index (χ3v) is 1.70. The Kier molecular flexibility index (Phi) is 2.33. The Bertz CT molecular complexity index is 355. The van der Waals surface area contributed by atoms with Gasteiger partial charge < -0.3 is 0 Å². The Hall–Kier alpha value is -1.43. The van der Waals surface area contributed by atoms with Crippen molar-refractivity contribution in [2.24, 2.45) is 0 Å². The predicted molar refractivity (Wildman–Crippen MR) is 44.1 cm³/mol. The van der Waals surface area contributed by atoms with E-state index in [1.54, 1.807) is 0 Å². The van der Waals surface area contributed by atoms with E-state index in [1.165, 1.54) is 19.1 Å². The zero-order chi connectivity index (χ0) is 10.1. The smallest absolute Gasteiger partial charge is 0.166 e. The molecule has 0 fully saturated rings. The molecule has 0 radical (unpaired) electrons. The second kappa shape index (κ2) is 3.14. The first-order chi connectivity index (χ1) is 5.95. The molecule has 3 heteroatoms. The van der Waals surface area contributed by atoms with E-state index < -0.39 is 11.7 Å². The maximum atomic E-state index is 12.2. The van der Waals surface area contributed by atoms with Crippen LogP contribution < -0.4 is 0 Å². The van der Waals surface area contributed by atoms with Crippen LogP contribution in [0.4, 0.5) is 13.2 Å². The number of terminal acetylenes is 1. The first-order valence-electron chi connectivity index (χ1n) is 3.59. The first-order valence-corrected chi connectivity index (χ1v) is 3.59. The highest BCUT2D eigenvalue weighted by molar-refractivity contribution is 5.40. The van der Waals surface area contributed by atoms with Gasteiger partial charge in [-0.2, -0.15) is 13.2 Å². The minimum atomic E-state index is -4.29. The highest BCUT2D eigenvalue weighted by atomic mass is 19.4. The minimum Gasteiger partial charge on any atom is -0.166 e. The number of alkyl halides is 3. The summed E-state index contributed by atoms with van der Waals surface area (Å²) in [6.45, 7) is 1.39. The van der Waals surface area contributed by atoms with Crippen LogP contribution in [0.2, 0.25) is 0 Å². The van der Waals surface area contributed by atoms with Crippen molar-refractivity contribution in [2.45, 2.75) is 13.1 Å². The average molecular weight is 184 g/mol. The number of benzene rings is 1. The summed E-state index contributed by atoms with van der Waals surface area (Å²) in [4.78, 5) is 0. The molecule has 68 valence electrons. The molecule has 0 heterocycles. The van der Waals surface area contributed by atoms with Gasteiger partial charge in [-0.1, -0.05) is 5.92 Å². The predicted octanol–water partition coefficient (Wildman–Crippen LogP) is 3.00. The number of aryl methyl sites for hydroxylation is 1. The van der Waals surface area contributed by atoms with Gasteiger partial charge in [-0.3, -0.25) is 0 Å². The number of hydrogen-bond donors (Lipinski definition) is 0. The first kappa shape index (κ1) is 9.66. The van der Waals surface area contributed by atoms with Crippen molar-refractivity contribution in [3.05, 3.63) is 34.9 Å². The van der Waals surface area contributed by atoms with Crippen LogP contribution in [0.15, 0.2) is 18.2 Å². The van der Waals surface area contributed by atoms with Crippen molar-refractivity contribution >= 4 is 0 Å². The van der Waals surface area contributed by atoms with E-state index in [0.29, 0.717) is 5.56 Å². The van der Waals surface area contributed by atoms with E-state index in [2.05, 4.69) is 5.92 Å². The Morgan fingerprint density at radius 3 is 2.31 bits per heavy atom. The van der Waals surface area contributed by atoms with Crippen molar-refractivity contribution in [1.82, 2.24) is 0 Å². The average Bonchev–Trinajstić information content (AvgIpc) is 2.01. The fourth-order valence-corrected chi connectivity index (χ4v) is 1.07. The summed E-state index contributed by atoms with van der Waals surface area (Å²) in [6.07, 6.45) is 0.752. The van der Waals surface area contributed by atoms with Crippen LogP contribution >= 0.6 is 0 Å². The third kappa shape index (κ3) is 2.03. The van der Waals surface area contributed by atoms with E-state index >= 15 is 0 Å². The molecule has 0 spiro atoms. The summed E-state index contributed by atoms with van der Waals surface area (Å²) in [7, 11) is 0. The molecule has 13 heavy (non-hydrogen) atoms. The molecule has 0 saturated carbocycles. The van der Waals surface area contributed by atoms with Gasteiger partial charge in [0.2, 0.25) is 0 Å². The molecule has 0 amide bonds. The molecule has 0 aromatic heterocycles. The van der Waals surface area contributed by atoms with Crippen molar-refractivity contribution < 1.29 is 13.2 Å². The molecule has 0 bridgehead atoms. The standard InChI is InChI=1S/C10H7F3/c1-3-8-4-5-9(7(2)6-8)10(11,12)13/h1,4-6H,2H3. The summed E-state index contributed by atoms with van der Waals surface area (Å²) in [6, 6.07) is 3.64. The van der Waals surface area contributed by atoms with Crippen LogP contribution in [-0.2, 0) is 6.18 Å². The molecular formula is C10H7F3. The quantitative estimate of drug-likeness (QED) is 0.544. The fourth-order valence-electron chi connectivity index (χ4n) is 1.07. The summed E-state index contributed by atoms with van der Waals surface area (Å²) in [5.74, 6) is 2.28. The van der Waals surface area contributed by atoms with Crippen molar-refractivity contribution in [3.63, 3.8) is 0 Å². The van der Waals surface area contributed by atoms with Gasteiger partial charge >= 0.3 is 6.18 Å². The fraction of sp³-hybridized carbons (Fsp3) is 0.200. The lowest BCUT2D eigenvalue weighted by Crippen LogP contribution is -2.07. The molecule has 1 aromatic rings. The molecule has 0 atom stereocenters. The lowest BCUT2D eigenvalue weighted by Gasteiger charge is -2.09. The van der Waals surface area contributed by atoms with Crippen LogP contribution in [0.5, 0.6) is 0 Å². The summed E-state index contributed by atoms with van der Waals surface area (Å²) < 4.78 is 36.7. The summed E-state index contributed by atoms with van der Waals surface area (Å²) in [5, 5.41) is 0. The van der Waals surface area contributed by atoms with E-state index in [0.717, 1.165) is 6.07 Å². The summed E-state index contributed by atoms with van der Waals surface area (Å²) >= 11 is 0. The van der Waals surface area contributed by atoms with Crippen LogP contribution in [0.3, 0.4) is 0 Å². The number of halogens is 3. The Balaban J connectivity index is 3.23. The van der Waals surface area contributed by atoms with Crippen LogP contribution in [-0.4, -0.2) is 0 Å².